The van der Waals surface area contributed by atoms with Crippen LogP contribution in [0.15, 0.2) is 65.6 Å². The third-order valence-corrected chi connectivity index (χ3v) is 4.02. The highest BCUT2D eigenvalue weighted by atomic mass is 35.5. The maximum atomic E-state index is 13.7. The van der Waals surface area contributed by atoms with Gasteiger partial charge in [-0.15, -0.1) is 0 Å². The first-order chi connectivity index (χ1) is 12.0. The molecule has 0 saturated heterocycles. The Labute approximate surface area is 148 Å². The fourth-order valence-corrected chi connectivity index (χ4v) is 2.67. The molecule has 3 rings (SSSR count). The molecule has 0 saturated carbocycles. The number of halogens is 2. The molecule has 1 aromatic heterocycles. The van der Waals surface area contributed by atoms with Crippen molar-refractivity contribution in [3.8, 4) is 11.1 Å². The number of carbonyl (C=O) groups excluding carboxylic acids is 1. The van der Waals surface area contributed by atoms with Gasteiger partial charge in [-0.25, -0.2) is 4.39 Å². The van der Waals surface area contributed by atoms with E-state index in [4.69, 9.17) is 11.6 Å². The zero-order valence-electron chi connectivity index (χ0n) is 13.1. The summed E-state index contributed by atoms with van der Waals surface area (Å²) in [6, 6.07) is 14.8. The topological polar surface area (TPSA) is 62.0 Å². The van der Waals surface area contributed by atoms with Crippen molar-refractivity contribution in [3.63, 3.8) is 0 Å². The Bertz CT molecular complexity index is 947. The normalized spacial score (nSPS) is 10.5. The first-order valence-electron chi connectivity index (χ1n) is 7.55. The molecule has 0 atom stereocenters. The van der Waals surface area contributed by atoms with Crippen molar-refractivity contribution >= 4 is 17.5 Å². The molecular weight excluding hydrogens is 343 g/mol. The van der Waals surface area contributed by atoms with E-state index in [2.05, 4.69) is 10.3 Å². The molecule has 0 aliphatic rings. The molecule has 0 aliphatic heterocycles. The van der Waals surface area contributed by atoms with Crippen molar-refractivity contribution < 1.29 is 9.18 Å². The van der Waals surface area contributed by atoms with Crippen molar-refractivity contribution in [1.82, 2.24) is 10.3 Å². The van der Waals surface area contributed by atoms with E-state index >= 15 is 0 Å². The van der Waals surface area contributed by atoms with E-state index < -0.39 is 11.7 Å². The number of hydrogen-bond acceptors (Lipinski definition) is 2. The molecule has 6 heteroatoms. The van der Waals surface area contributed by atoms with E-state index in [1.165, 1.54) is 24.3 Å². The molecule has 0 fully saturated rings. The fraction of sp³-hybridized carbons (Fsp3) is 0.0526. The van der Waals surface area contributed by atoms with Crippen LogP contribution in [0.1, 0.15) is 15.9 Å². The number of hydrogen-bond donors (Lipinski definition) is 2. The Kier molecular flexibility index (Phi) is 4.95. The first kappa shape index (κ1) is 16.9. The Morgan fingerprint density at radius 3 is 2.52 bits per heavy atom. The van der Waals surface area contributed by atoms with Gasteiger partial charge in [0.2, 0.25) is 5.56 Å². The molecule has 126 valence electrons. The van der Waals surface area contributed by atoms with Crippen LogP contribution in [0, 0.1) is 5.82 Å². The summed E-state index contributed by atoms with van der Waals surface area (Å²) in [5.41, 5.74) is 2.20. The first-order valence-corrected chi connectivity index (χ1v) is 7.92. The van der Waals surface area contributed by atoms with Crippen LogP contribution in [0.3, 0.4) is 0 Å². The minimum Gasteiger partial charge on any atom is -0.348 e. The molecule has 4 nitrogen and oxygen atoms in total. The van der Waals surface area contributed by atoms with E-state index in [0.717, 1.165) is 16.7 Å². The number of aromatic nitrogens is 1. The molecule has 25 heavy (non-hydrogen) atoms. The standard InChI is InChI=1S/C19H14ClFN2O2/c20-15-2-1-3-16(21)18(15)19(25)23-11-12-4-6-13(7-5-12)14-8-9-22-17(24)10-14/h1-10H,11H2,(H,22,24)(H,23,25). The Morgan fingerprint density at radius 2 is 1.84 bits per heavy atom. The quantitative estimate of drug-likeness (QED) is 0.747. The molecule has 0 spiro atoms. The zero-order chi connectivity index (χ0) is 17.8. The molecule has 0 radical (unpaired) electrons. The number of aromatic amines is 1. The molecule has 0 unspecified atom stereocenters. The summed E-state index contributed by atoms with van der Waals surface area (Å²) in [4.78, 5) is 26.0. The molecule has 0 bridgehead atoms. The van der Waals surface area contributed by atoms with Crippen LogP contribution in [-0.2, 0) is 6.54 Å². The molecule has 2 aromatic carbocycles. The summed E-state index contributed by atoms with van der Waals surface area (Å²) in [7, 11) is 0. The van der Waals surface area contributed by atoms with E-state index in [9.17, 15) is 14.0 Å². The van der Waals surface area contributed by atoms with Gasteiger partial charge in [0.05, 0.1) is 10.6 Å². The van der Waals surface area contributed by atoms with Gasteiger partial charge in [0, 0.05) is 18.8 Å². The van der Waals surface area contributed by atoms with Gasteiger partial charge >= 0.3 is 0 Å². The van der Waals surface area contributed by atoms with Crippen LogP contribution < -0.4 is 10.9 Å². The second-order valence-electron chi connectivity index (χ2n) is 5.42. The highest BCUT2D eigenvalue weighted by Crippen LogP contribution is 2.20. The van der Waals surface area contributed by atoms with Gasteiger partial charge in [-0.2, -0.15) is 0 Å². The van der Waals surface area contributed by atoms with Gasteiger partial charge in [0.15, 0.2) is 0 Å². The summed E-state index contributed by atoms with van der Waals surface area (Å²) in [6.45, 7) is 0.235. The van der Waals surface area contributed by atoms with Gasteiger partial charge in [0.25, 0.3) is 5.91 Å². The summed E-state index contributed by atoms with van der Waals surface area (Å²) < 4.78 is 13.7. The smallest absolute Gasteiger partial charge is 0.256 e. The monoisotopic (exact) mass is 356 g/mol. The van der Waals surface area contributed by atoms with Gasteiger partial charge in [-0.3, -0.25) is 9.59 Å². The van der Waals surface area contributed by atoms with Crippen LogP contribution in [0.2, 0.25) is 5.02 Å². The Morgan fingerprint density at radius 1 is 1.08 bits per heavy atom. The lowest BCUT2D eigenvalue weighted by molar-refractivity contribution is 0.0947. The fourth-order valence-electron chi connectivity index (χ4n) is 2.42. The molecular formula is C19H14ClFN2O2. The van der Waals surface area contributed by atoms with E-state index in [-0.39, 0.29) is 22.7 Å². The van der Waals surface area contributed by atoms with Crippen LogP contribution in [0.25, 0.3) is 11.1 Å². The van der Waals surface area contributed by atoms with Gasteiger partial charge < -0.3 is 10.3 Å². The number of rotatable bonds is 4. The molecule has 1 amide bonds. The zero-order valence-corrected chi connectivity index (χ0v) is 13.8. The van der Waals surface area contributed by atoms with Crippen LogP contribution in [-0.4, -0.2) is 10.9 Å². The van der Waals surface area contributed by atoms with Gasteiger partial charge in [-0.05, 0) is 34.9 Å². The molecule has 1 heterocycles. The van der Waals surface area contributed by atoms with Crippen molar-refractivity contribution in [2.45, 2.75) is 6.54 Å². The second-order valence-corrected chi connectivity index (χ2v) is 5.83. The third kappa shape index (κ3) is 3.95. The highest BCUT2D eigenvalue weighted by Gasteiger charge is 2.15. The Balaban J connectivity index is 1.70. The second kappa shape index (κ2) is 7.32. The molecule has 3 aromatic rings. The predicted molar refractivity (Wildman–Crippen MR) is 95.1 cm³/mol. The van der Waals surface area contributed by atoms with E-state index in [1.54, 1.807) is 12.3 Å². The van der Waals surface area contributed by atoms with Crippen LogP contribution in [0.4, 0.5) is 4.39 Å². The number of H-pyrrole nitrogens is 1. The lowest BCUT2D eigenvalue weighted by Gasteiger charge is -2.08. The molecule has 2 N–H and O–H groups in total. The third-order valence-electron chi connectivity index (χ3n) is 3.71. The summed E-state index contributed by atoms with van der Waals surface area (Å²) in [5.74, 6) is -1.23. The molecule has 0 aliphatic carbocycles. The van der Waals surface area contributed by atoms with Gasteiger partial charge in [0.1, 0.15) is 5.82 Å². The number of carbonyl (C=O) groups is 1. The summed E-state index contributed by atoms with van der Waals surface area (Å²) in [6.07, 6.45) is 1.59. The van der Waals surface area contributed by atoms with Crippen LogP contribution in [0.5, 0.6) is 0 Å². The van der Waals surface area contributed by atoms with Crippen molar-refractivity contribution in [3.05, 3.63) is 93.1 Å². The number of amides is 1. The minimum atomic E-state index is -0.658. The lowest BCUT2D eigenvalue weighted by atomic mass is 10.1. The predicted octanol–water partition coefficient (Wildman–Crippen LogP) is 3.76. The number of benzene rings is 2. The maximum Gasteiger partial charge on any atom is 0.256 e. The maximum absolute atomic E-state index is 13.7. The van der Waals surface area contributed by atoms with E-state index in [0.29, 0.717) is 0 Å². The van der Waals surface area contributed by atoms with Crippen LogP contribution >= 0.6 is 11.6 Å². The largest absolute Gasteiger partial charge is 0.348 e. The summed E-state index contributed by atoms with van der Waals surface area (Å²) in [5, 5.41) is 2.72. The van der Waals surface area contributed by atoms with Crippen molar-refractivity contribution in [2.24, 2.45) is 0 Å². The highest BCUT2D eigenvalue weighted by molar-refractivity contribution is 6.33. The van der Waals surface area contributed by atoms with E-state index in [1.807, 2.05) is 24.3 Å². The van der Waals surface area contributed by atoms with Crippen molar-refractivity contribution in [2.75, 3.05) is 0 Å². The average Bonchev–Trinajstić information content (AvgIpc) is 2.60. The Hall–Kier alpha value is -2.92. The number of nitrogens with one attached hydrogen (secondary N) is 2. The van der Waals surface area contributed by atoms with Crippen molar-refractivity contribution in [1.29, 1.82) is 0 Å². The lowest BCUT2D eigenvalue weighted by Crippen LogP contribution is -2.24. The van der Waals surface area contributed by atoms with Gasteiger partial charge in [-0.1, -0.05) is 41.9 Å². The summed E-state index contributed by atoms with van der Waals surface area (Å²) >= 11 is 5.88. The SMILES string of the molecule is O=C(NCc1ccc(-c2cc[nH]c(=O)c2)cc1)c1c(F)cccc1Cl. The average molecular weight is 357 g/mol. The minimum absolute atomic E-state index is 0.0714. The number of pyridine rings is 1.